The minimum Gasteiger partial charge on any atom is -0.278 e. The molecule has 7 aromatic carbocycles. The van der Waals surface area contributed by atoms with Crippen LogP contribution in [0.1, 0.15) is 69.5 Å². The van der Waals surface area contributed by atoms with E-state index in [1.165, 1.54) is 83.6 Å². The fraction of sp³-hybridized carbons (Fsp3) is 0.0877. The molecule has 4 bridgehead atoms. The number of benzene rings is 7. The van der Waals surface area contributed by atoms with Gasteiger partial charge in [-0.3, -0.25) is 4.90 Å². The van der Waals surface area contributed by atoms with Crippen molar-refractivity contribution in [2.75, 3.05) is 4.90 Å². The van der Waals surface area contributed by atoms with Crippen LogP contribution in [-0.4, -0.2) is 9.97 Å². The minimum absolute atomic E-state index is 0.281. The van der Waals surface area contributed by atoms with Crippen molar-refractivity contribution in [3.8, 4) is 44.8 Å². The van der Waals surface area contributed by atoms with Crippen LogP contribution in [0.25, 0.3) is 44.8 Å². The number of hydrogen-bond donors (Lipinski definition) is 0. The molecule has 0 amide bonds. The van der Waals surface area contributed by atoms with Gasteiger partial charge in [0.15, 0.2) is 0 Å². The molecule has 5 aliphatic rings. The Morgan fingerprint density at radius 2 is 0.767 bits per heavy atom. The van der Waals surface area contributed by atoms with Gasteiger partial charge >= 0.3 is 0 Å². The van der Waals surface area contributed by atoms with Gasteiger partial charge in [0.25, 0.3) is 0 Å². The lowest BCUT2D eigenvalue weighted by molar-refractivity contribution is 0.614. The van der Waals surface area contributed by atoms with Gasteiger partial charge in [-0.15, -0.1) is 0 Å². The minimum atomic E-state index is -0.652. The first-order chi connectivity index (χ1) is 29.5. The largest absolute Gasteiger partial charge is 0.278 e. The smallest absolute Gasteiger partial charge is 0.144 e. The van der Waals surface area contributed by atoms with Crippen molar-refractivity contribution < 1.29 is 0 Å². The number of aromatic nitrogens is 2. The van der Waals surface area contributed by atoms with Gasteiger partial charge in [0, 0.05) is 27.7 Å². The van der Waals surface area contributed by atoms with Crippen molar-refractivity contribution in [1.82, 2.24) is 9.97 Å². The van der Waals surface area contributed by atoms with Gasteiger partial charge in [-0.25, -0.2) is 9.97 Å². The quantitative estimate of drug-likeness (QED) is 0.176. The maximum atomic E-state index is 5.83. The first kappa shape index (κ1) is 32.6. The fourth-order valence-corrected chi connectivity index (χ4v) is 12.0. The predicted octanol–water partition coefficient (Wildman–Crippen LogP) is 13.3. The maximum Gasteiger partial charge on any atom is 0.144 e. The first-order valence-electron chi connectivity index (χ1n) is 21.1. The summed E-state index contributed by atoms with van der Waals surface area (Å²) < 4.78 is 0. The second-order valence-electron chi connectivity index (χ2n) is 17.6. The molecule has 2 aromatic heterocycles. The molecule has 0 saturated heterocycles. The Hall–Kier alpha value is -7.36. The zero-order chi connectivity index (χ0) is 39.5. The SMILES string of the molecule is CC1(C)c2ccc3c(c2)C2(c4ccccc4-3)c3ccc(-c4ccccc4)nc3N3c4nc(-c5ccccc5)ccc4C4(c5ccccc5-c5ccccc54)c4cc1cc2c43. The topological polar surface area (TPSA) is 29.0 Å². The van der Waals surface area contributed by atoms with Crippen molar-refractivity contribution in [3.05, 3.63) is 244 Å². The Kier molecular flexibility index (Phi) is 5.98. The first-order valence-corrected chi connectivity index (χ1v) is 21.1. The van der Waals surface area contributed by atoms with Crippen LogP contribution in [0.2, 0.25) is 0 Å². The monoisotopic (exact) mass is 763 g/mol. The molecule has 0 radical (unpaired) electrons. The van der Waals surface area contributed by atoms with E-state index in [2.05, 4.69) is 207 Å². The third kappa shape index (κ3) is 3.66. The Balaban J connectivity index is 1.23. The van der Waals surface area contributed by atoms with Crippen molar-refractivity contribution in [2.24, 2.45) is 0 Å². The van der Waals surface area contributed by atoms with Gasteiger partial charge in [0.2, 0.25) is 0 Å². The number of pyridine rings is 2. The second-order valence-corrected chi connectivity index (χ2v) is 17.6. The second kappa shape index (κ2) is 11.0. The van der Waals surface area contributed by atoms with E-state index in [4.69, 9.17) is 9.97 Å². The summed E-state index contributed by atoms with van der Waals surface area (Å²) in [5, 5.41) is 0. The molecule has 280 valence electrons. The van der Waals surface area contributed by atoms with Gasteiger partial charge in [-0.2, -0.15) is 0 Å². The highest BCUT2D eigenvalue weighted by molar-refractivity contribution is 6.02. The van der Waals surface area contributed by atoms with Gasteiger partial charge in [-0.05, 0) is 78.9 Å². The van der Waals surface area contributed by atoms with Gasteiger partial charge in [-0.1, -0.05) is 190 Å². The molecule has 0 saturated carbocycles. The zero-order valence-electron chi connectivity index (χ0n) is 33.2. The van der Waals surface area contributed by atoms with E-state index >= 15 is 0 Å². The third-order valence-electron chi connectivity index (χ3n) is 14.7. The van der Waals surface area contributed by atoms with E-state index in [-0.39, 0.29) is 5.41 Å². The Morgan fingerprint density at radius 3 is 1.27 bits per heavy atom. The summed E-state index contributed by atoms with van der Waals surface area (Å²) in [6.45, 7) is 4.82. The standard InChI is InChI=1S/C57H37N3/c1-55(2)36-25-26-41-40-21-11-14-24-44(40)57(47(41)31-36)46-28-30-51(35-17-7-4-8-18-35)59-54(46)60-52-48(32-37(55)33-49(52)57)56(42-22-12-9-19-38(42)39-20-10-13-23-43(39)56)45-27-29-50(58-53(45)60)34-15-5-3-6-16-34/h3-33H,1-2H3. The van der Waals surface area contributed by atoms with Crippen LogP contribution < -0.4 is 4.90 Å². The van der Waals surface area contributed by atoms with Gasteiger partial charge in [0.1, 0.15) is 11.6 Å². The normalized spacial score (nSPS) is 17.8. The van der Waals surface area contributed by atoms with Crippen molar-refractivity contribution >= 4 is 17.3 Å². The maximum absolute atomic E-state index is 5.83. The van der Waals surface area contributed by atoms with E-state index < -0.39 is 10.8 Å². The third-order valence-corrected chi connectivity index (χ3v) is 14.7. The molecule has 3 heteroatoms. The van der Waals surface area contributed by atoms with Crippen LogP contribution in [0.15, 0.2) is 188 Å². The van der Waals surface area contributed by atoms with E-state index in [1.807, 2.05) is 0 Å². The molecule has 3 nitrogen and oxygen atoms in total. The lowest BCUT2D eigenvalue weighted by atomic mass is 9.57. The number of nitrogens with zero attached hydrogens (tertiary/aromatic N) is 3. The van der Waals surface area contributed by atoms with Gasteiger partial charge < -0.3 is 0 Å². The Morgan fingerprint density at radius 1 is 0.350 bits per heavy atom. The highest BCUT2D eigenvalue weighted by Gasteiger charge is 2.60. The molecular weight excluding hydrogens is 727 g/mol. The lowest BCUT2D eigenvalue weighted by Gasteiger charge is -2.52. The average molecular weight is 764 g/mol. The summed E-state index contributed by atoms with van der Waals surface area (Å²) in [7, 11) is 0. The van der Waals surface area contributed by atoms with Crippen LogP contribution in [-0.2, 0) is 16.2 Å². The van der Waals surface area contributed by atoms with Crippen molar-refractivity contribution in [3.63, 3.8) is 0 Å². The summed E-state index contributed by atoms with van der Waals surface area (Å²) >= 11 is 0. The Labute approximate surface area is 349 Å². The van der Waals surface area contributed by atoms with Crippen LogP contribution in [0.3, 0.4) is 0 Å². The molecule has 1 atom stereocenters. The predicted molar refractivity (Wildman–Crippen MR) is 241 cm³/mol. The molecule has 14 rings (SSSR count). The van der Waals surface area contributed by atoms with Crippen LogP contribution in [0.4, 0.5) is 17.3 Å². The van der Waals surface area contributed by atoms with Crippen LogP contribution in [0.5, 0.6) is 0 Å². The molecular formula is C57H37N3. The molecule has 3 aliphatic carbocycles. The molecule has 0 N–H and O–H groups in total. The van der Waals surface area contributed by atoms with Crippen molar-refractivity contribution in [2.45, 2.75) is 30.1 Å². The molecule has 0 fully saturated rings. The fourth-order valence-electron chi connectivity index (χ4n) is 12.0. The van der Waals surface area contributed by atoms with Crippen LogP contribution >= 0.6 is 0 Å². The number of fused-ring (bicyclic) bond motifs is 15. The Bertz CT molecular complexity index is 3270. The summed E-state index contributed by atoms with van der Waals surface area (Å²) in [5.74, 6) is 1.86. The summed E-state index contributed by atoms with van der Waals surface area (Å²) in [6, 6.07) is 70.3. The highest BCUT2D eigenvalue weighted by atomic mass is 15.3. The number of rotatable bonds is 2. The lowest BCUT2D eigenvalue weighted by Crippen LogP contribution is -2.45. The molecule has 9 aromatic rings. The number of hydrogen-bond acceptors (Lipinski definition) is 3. The zero-order valence-corrected chi connectivity index (χ0v) is 33.2. The van der Waals surface area contributed by atoms with E-state index in [0.717, 1.165) is 34.2 Å². The average Bonchev–Trinajstić information content (AvgIpc) is 3.76. The van der Waals surface area contributed by atoms with E-state index in [0.29, 0.717) is 0 Å². The molecule has 60 heavy (non-hydrogen) atoms. The molecule has 4 heterocycles. The summed E-state index contributed by atoms with van der Waals surface area (Å²) in [5.41, 5.74) is 21.6. The number of anilines is 3. The van der Waals surface area contributed by atoms with Crippen LogP contribution in [0, 0.1) is 0 Å². The summed E-state index contributed by atoms with van der Waals surface area (Å²) in [4.78, 5) is 14.1. The van der Waals surface area contributed by atoms with Crippen molar-refractivity contribution in [1.29, 1.82) is 0 Å². The molecule has 2 spiro atoms. The highest BCUT2D eigenvalue weighted by Crippen LogP contribution is 2.71. The summed E-state index contributed by atoms with van der Waals surface area (Å²) in [6.07, 6.45) is 0. The van der Waals surface area contributed by atoms with E-state index in [1.54, 1.807) is 0 Å². The molecule has 2 aliphatic heterocycles. The van der Waals surface area contributed by atoms with Gasteiger partial charge in [0.05, 0.1) is 27.9 Å². The van der Waals surface area contributed by atoms with E-state index in [9.17, 15) is 0 Å². The molecule has 1 unspecified atom stereocenters.